The molecule has 0 aliphatic heterocycles. The average Bonchev–Trinajstić information content (AvgIpc) is 2.61. The van der Waals surface area contributed by atoms with Gasteiger partial charge in [-0.2, -0.15) is 0 Å². The second-order valence-corrected chi connectivity index (χ2v) is 7.84. The SMILES string of the molecule is CC(C)C(N)CC(=O)NC1CC2CCC1(C)C2(C)C. The zero-order valence-corrected chi connectivity index (χ0v) is 13.1. The third kappa shape index (κ3) is 2.31. The number of hydrogen-bond acceptors (Lipinski definition) is 2. The molecule has 3 N–H and O–H groups in total. The Balaban J connectivity index is 1.97. The van der Waals surface area contributed by atoms with Crippen molar-refractivity contribution in [3.63, 3.8) is 0 Å². The van der Waals surface area contributed by atoms with Crippen LogP contribution in [0.25, 0.3) is 0 Å². The predicted octanol–water partition coefficient (Wildman–Crippen LogP) is 2.69. The number of amides is 1. The summed E-state index contributed by atoms with van der Waals surface area (Å²) in [5.41, 5.74) is 6.60. The normalized spacial score (nSPS) is 37.6. The average molecular weight is 266 g/mol. The Bertz CT molecular complexity index is 364. The molecule has 0 aromatic heterocycles. The standard InChI is InChI=1S/C16H30N2O/c1-10(2)12(17)9-14(19)18-13-8-11-6-7-16(13,5)15(11,3)4/h10-13H,6-9,17H2,1-5H3,(H,18,19). The third-order valence-corrected chi connectivity index (χ3v) is 6.41. The molecule has 4 unspecified atom stereocenters. The summed E-state index contributed by atoms with van der Waals surface area (Å²) in [6, 6.07) is 0.313. The molecule has 0 heterocycles. The van der Waals surface area contributed by atoms with Crippen molar-refractivity contribution in [2.75, 3.05) is 0 Å². The first-order chi connectivity index (χ1) is 8.68. The van der Waals surface area contributed by atoms with Crippen LogP contribution in [0.5, 0.6) is 0 Å². The van der Waals surface area contributed by atoms with Crippen LogP contribution in [0.1, 0.15) is 60.3 Å². The Labute approximate surface area is 117 Å². The zero-order valence-electron chi connectivity index (χ0n) is 13.1. The maximum atomic E-state index is 12.2. The Hall–Kier alpha value is -0.570. The van der Waals surface area contributed by atoms with Crippen molar-refractivity contribution in [2.45, 2.75) is 72.4 Å². The molecule has 0 radical (unpaired) electrons. The van der Waals surface area contributed by atoms with Crippen LogP contribution < -0.4 is 11.1 Å². The van der Waals surface area contributed by atoms with Crippen LogP contribution in [0.4, 0.5) is 0 Å². The van der Waals surface area contributed by atoms with E-state index in [9.17, 15) is 4.79 Å². The van der Waals surface area contributed by atoms with Crippen molar-refractivity contribution >= 4 is 5.91 Å². The third-order valence-electron chi connectivity index (χ3n) is 6.41. The van der Waals surface area contributed by atoms with E-state index in [0.717, 1.165) is 12.3 Å². The molecule has 2 aliphatic carbocycles. The molecule has 2 aliphatic rings. The van der Waals surface area contributed by atoms with Gasteiger partial charge in [0.2, 0.25) is 5.91 Å². The molecule has 19 heavy (non-hydrogen) atoms. The van der Waals surface area contributed by atoms with Crippen LogP contribution in [0.15, 0.2) is 0 Å². The number of nitrogens with two attached hydrogens (primary N) is 1. The van der Waals surface area contributed by atoms with Gasteiger partial charge in [0, 0.05) is 18.5 Å². The maximum absolute atomic E-state index is 12.2. The van der Waals surface area contributed by atoms with E-state index in [1.807, 2.05) is 0 Å². The number of hydrogen-bond donors (Lipinski definition) is 2. The van der Waals surface area contributed by atoms with Gasteiger partial charge in [-0.25, -0.2) is 0 Å². The lowest BCUT2D eigenvalue weighted by molar-refractivity contribution is -0.123. The fourth-order valence-corrected chi connectivity index (χ4v) is 4.13. The van der Waals surface area contributed by atoms with E-state index in [1.165, 1.54) is 12.8 Å². The van der Waals surface area contributed by atoms with Gasteiger partial charge >= 0.3 is 0 Å². The minimum atomic E-state index is -0.0283. The van der Waals surface area contributed by atoms with Gasteiger partial charge in [0.05, 0.1) is 0 Å². The molecule has 3 nitrogen and oxygen atoms in total. The summed E-state index contributed by atoms with van der Waals surface area (Å²) < 4.78 is 0. The molecule has 3 heteroatoms. The summed E-state index contributed by atoms with van der Waals surface area (Å²) >= 11 is 0. The highest BCUT2D eigenvalue weighted by atomic mass is 16.1. The Morgan fingerprint density at radius 2 is 2.00 bits per heavy atom. The molecule has 0 spiro atoms. The second-order valence-electron chi connectivity index (χ2n) is 7.84. The van der Waals surface area contributed by atoms with Crippen molar-refractivity contribution in [3.8, 4) is 0 Å². The van der Waals surface area contributed by atoms with Gasteiger partial charge in [-0.1, -0.05) is 34.6 Å². The zero-order chi connectivity index (χ0) is 14.4. The molecule has 1 amide bonds. The number of rotatable bonds is 4. The van der Waals surface area contributed by atoms with Crippen LogP contribution in [0.2, 0.25) is 0 Å². The van der Waals surface area contributed by atoms with Gasteiger partial charge in [0.25, 0.3) is 0 Å². The monoisotopic (exact) mass is 266 g/mol. The van der Waals surface area contributed by atoms with Crippen molar-refractivity contribution in [1.29, 1.82) is 0 Å². The van der Waals surface area contributed by atoms with E-state index >= 15 is 0 Å². The van der Waals surface area contributed by atoms with Crippen molar-refractivity contribution in [2.24, 2.45) is 28.4 Å². The van der Waals surface area contributed by atoms with E-state index < -0.39 is 0 Å². The number of carbonyl (C=O) groups excluding carboxylic acids is 1. The Kier molecular flexibility index (Phi) is 3.72. The highest BCUT2D eigenvalue weighted by Crippen LogP contribution is 2.65. The van der Waals surface area contributed by atoms with Crippen LogP contribution in [0.3, 0.4) is 0 Å². The Morgan fingerprint density at radius 1 is 1.37 bits per heavy atom. The van der Waals surface area contributed by atoms with Crippen molar-refractivity contribution in [1.82, 2.24) is 5.32 Å². The summed E-state index contributed by atoms with van der Waals surface area (Å²) in [6.07, 6.45) is 4.16. The largest absolute Gasteiger partial charge is 0.353 e. The van der Waals surface area contributed by atoms with E-state index in [2.05, 4.69) is 39.9 Å². The van der Waals surface area contributed by atoms with E-state index in [1.54, 1.807) is 0 Å². The van der Waals surface area contributed by atoms with Crippen molar-refractivity contribution in [3.05, 3.63) is 0 Å². The molecule has 2 saturated carbocycles. The van der Waals surface area contributed by atoms with Gasteiger partial charge in [-0.15, -0.1) is 0 Å². The first kappa shape index (κ1) is 14.8. The summed E-state index contributed by atoms with van der Waals surface area (Å²) in [5, 5.41) is 3.27. The Morgan fingerprint density at radius 3 is 2.42 bits per heavy atom. The predicted molar refractivity (Wildman–Crippen MR) is 78.6 cm³/mol. The minimum Gasteiger partial charge on any atom is -0.353 e. The number of carbonyl (C=O) groups is 1. The molecule has 110 valence electrons. The van der Waals surface area contributed by atoms with Gasteiger partial charge in [-0.05, 0) is 41.9 Å². The van der Waals surface area contributed by atoms with E-state index in [-0.39, 0.29) is 17.4 Å². The van der Waals surface area contributed by atoms with Gasteiger partial charge in [0.1, 0.15) is 0 Å². The molecular formula is C16H30N2O. The van der Waals surface area contributed by atoms with Crippen molar-refractivity contribution < 1.29 is 4.79 Å². The maximum Gasteiger partial charge on any atom is 0.221 e. The fourth-order valence-electron chi connectivity index (χ4n) is 4.13. The quantitative estimate of drug-likeness (QED) is 0.822. The lowest BCUT2D eigenvalue weighted by Crippen LogP contribution is -2.48. The summed E-state index contributed by atoms with van der Waals surface area (Å²) in [5.74, 6) is 1.26. The summed E-state index contributed by atoms with van der Waals surface area (Å²) in [6.45, 7) is 11.2. The first-order valence-electron chi connectivity index (χ1n) is 7.73. The van der Waals surface area contributed by atoms with E-state index in [4.69, 9.17) is 5.73 Å². The molecule has 2 fully saturated rings. The minimum absolute atomic E-state index is 0.0283. The molecular weight excluding hydrogens is 236 g/mol. The molecule has 2 rings (SSSR count). The fraction of sp³-hybridized carbons (Fsp3) is 0.938. The number of fused-ring (bicyclic) bond motifs is 2. The topological polar surface area (TPSA) is 55.1 Å². The summed E-state index contributed by atoms with van der Waals surface area (Å²) in [7, 11) is 0. The number of nitrogens with one attached hydrogen (secondary N) is 1. The highest BCUT2D eigenvalue weighted by Gasteiger charge is 2.61. The molecule has 4 atom stereocenters. The van der Waals surface area contributed by atoms with Crippen LogP contribution in [0, 0.1) is 22.7 Å². The van der Waals surface area contributed by atoms with Crippen LogP contribution >= 0.6 is 0 Å². The van der Waals surface area contributed by atoms with Crippen LogP contribution in [-0.2, 0) is 4.79 Å². The van der Waals surface area contributed by atoms with Gasteiger partial charge in [0.15, 0.2) is 0 Å². The molecule has 0 aromatic rings. The first-order valence-corrected chi connectivity index (χ1v) is 7.73. The van der Waals surface area contributed by atoms with Gasteiger partial charge in [-0.3, -0.25) is 4.79 Å². The smallest absolute Gasteiger partial charge is 0.221 e. The lowest BCUT2D eigenvalue weighted by Gasteiger charge is -2.39. The molecule has 2 bridgehead atoms. The van der Waals surface area contributed by atoms with Gasteiger partial charge < -0.3 is 11.1 Å². The highest BCUT2D eigenvalue weighted by molar-refractivity contribution is 5.77. The van der Waals surface area contributed by atoms with Crippen LogP contribution in [-0.4, -0.2) is 18.0 Å². The molecule has 0 saturated heterocycles. The lowest BCUT2D eigenvalue weighted by atomic mass is 9.69. The van der Waals surface area contributed by atoms with E-state index in [0.29, 0.717) is 23.8 Å². The molecule has 0 aromatic carbocycles. The second kappa shape index (κ2) is 4.76. The summed E-state index contributed by atoms with van der Waals surface area (Å²) in [4.78, 5) is 12.2.